The number of rotatable bonds is 5. The molecule has 0 saturated carbocycles. The van der Waals surface area contributed by atoms with E-state index < -0.39 is 0 Å². The van der Waals surface area contributed by atoms with Crippen LogP contribution in [0.3, 0.4) is 0 Å². The first kappa shape index (κ1) is 18.1. The first-order valence-corrected chi connectivity index (χ1v) is 9.13. The van der Waals surface area contributed by atoms with E-state index in [4.69, 9.17) is 0 Å². The van der Waals surface area contributed by atoms with Crippen LogP contribution in [0.2, 0.25) is 0 Å². The lowest BCUT2D eigenvalue weighted by atomic mass is 9.97. The molecule has 2 nitrogen and oxygen atoms in total. The summed E-state index contributed by atoms with van der Waals surface area (Å²) in [5.74, 6) is 0. The van der Waals surface area contributed by atoms with Gasteiger partial charge in [-0.2, -0.15) is 0 Å². The van der Waals surface area contributed by atoms with Crippen LogP contribution in [0.4, 0.5) is 5.69 Å². The Balaban J connectivity index is 2.07. The number of likely N-dealkylation sites (N-methyl/N-ethyl adjacent to an activating group) is 1. The van der Waals surface area contributed by atoms with Crippen molar-refractivity contribution in [2.75, 3.05) is 11.9 Å². The summed E-state index contributed by atoms with van der Waals surface area (Å²) in [4.78, 5) is 2.41. The number of anilines is 1. The van der Waals surface area contributed by atoms with Crippen molar-refractivity contribution in [3.8, 4) is 0 Å². The van der Waals surface area contributed by atoms with Crippen LogP contribution in [0.25, 0.3) is 0 Å². The standard InChI is InChI=1S/C24H28N2/c1-18-15-19(2)24(20(3)16-18)26(5)23(17-21-11-7-6-8-12-21)22-13-9-10-14-25(22)4/h6-16,23H,4,17H2,1-3,5H3. The maximum absolute atomic E-state index is 4.21. The number of hydrogen-bond acceptors (Lipinski definition) is 1. The Morgan fingerprint density at radius 3 is 2.15 bits per heavy atom. The number of hydrogen-bond donors (Lipinski definition) is 0. The van der Waals surface area contributed by atoms with Gasteiger partial charge in [0, 0.05) is 19.8 Å². The fraction of sp³-hybridized carbons (Fsp3) is 0.250. The summed E-state index contributed by atoms with van der Waals surface area (Å²) in [7, 11) is 6.41. The molecule has 1 unspecified atom stereocenters. The predicted octanol–water partition coefficient (Wildman–Crippen LogP) is 4.96. The van der Waals surface area contributed by atoms with Gasteiger partial charge in [0.05, 0.1) is 12.2 Å². The Morgan fingerprint density at radius 2 is 1.54 bits per heavy atom. The van der Waals surface area contributed by atoms with E-state index >= 15 is 0 Å². The second-order valence-corrected chi connectivity index (χ2v) is 7.16. The fourth-order valence-corrected chi connectivity index (χ4v) is 3.95. The van der Waals surface area contributed by atoms with Crippen molar-refractivity contribution in [3.63, 3.8) is 0 Å². The van der Waals surface area contributed by atoms with Gasteiger partial charge in [-0.1, -0.05) is 66.2 Å². The molecule has 3 rings (SSSR count). The fourth-order valence-electron chi connectivity index (χ4n) is 3.95. The quantitative estimate of drug-likeness (QED) is 0.469. The number of nitrogens with zero attached hydrogens (tertiary/aromatic N) is 2. The Kier molecular flexibility index (Phi) is 5.32. The molecule has 3 aromatic rings. The SMILES string of the molecule is [CH2-][n+]1ccccc1C(Cc1ccccc1)N(C)c1c(C)cc(C)cc1C. The van der Waals surface area contributed by atoms with E-state index in [1.54, 1.807) is 0 Å². The van der Waals surface area contributed by atoms with Gasteiger partial charge in [0.25, 0.3) is 0 Å². The van der Waals surface area contributed by atoms with Crippen LogP contribution in [-0.2, 0) is 6.42 Å². The van der Waals surface area contributed by atoms with Crippen LogP contribution in [0.15, 0.2) is 66.9 Å². The van der Waals surface area contributed by atoms with E-state index in [1.165, 1.54) is 33.6 Å². The van der Waals surface area contributed by atoms with Gasteiger partial charge in [-0.05, 0) is 43.9 Å². The Morgan fingerprint density at radius 1 is 0.923 bits per heavy atom. The van der Waals surface area contributed by atoms with Gasteiger partial charge in [0.1, 0.15) is 5.69 Å². The zero-order valence-corrected chi connectivity index (χ0v) is 16.2. The van der Waals surface area contributed by atoms with Gasteiger partial charge in [0.15, 0.2) is 0 Å². The Hall–Kier alpha value is -2.74. The molecule has 0 bridgehead atoms. The molecule has 0 aliphatic heterocycles. The molecule has 0 spiro atoms. The van der Waals surface area contributed by atoms with E-state index in [1.807, 2.05) is 16.8 Å². The topological polar surface area (TPSA) is 7.12 Å². The molecular weight excluding hydrogens is 316 g/mol. The van der Waals surface area contributed by atoms with Gasteiger partial charge >= 0.3 is 0 Å². The monoisotopic (exact) mass is 344 g/mol. The molecule has 0 aliphatic rings. The minimum absolute atomic E-state index is 0.205. The Bertz CT molecular complexity index is 861. The number of benzene rings is 2. The van der Waals surface area contributed by atoms with Crippen molar-refractivity contribution >= 4 is 5.69 Å². The van der Waals surface area contributed by atoms with E-state index in [0.29, 0.717) is 0 Å². The van der Waals surface area contributed by atoms with Crippen LogP contribution in [0.5, 0.6) is 0 Å². The van der Waals surface area contributed by atoms with Crippen LogP contribution < -0.4 is 9.47 Å². The predicted molar refractivity (Wildman–Crippen MR) is 109 cm³/mol. The van der Waals surface area contributed by atoms with Crippen molar-refractivity contribution < 1.29 is 4.57 Å². The lowest BCUT2D eigenvalue weighted by Gasteiger charge is -2.34. The zero-order valence-electron chi connectivity index (χ0n) is 16.2. The first-order valence-electron chi connectivity index (χ1n) is 9.13. The average molecular weight is 345 g/mol. The summed E-state index contributed by atoms with van der Waals surface area (Å²) < 4.78 is 1.99. The maximum Gasteiger partial charge on any atom is 0.104 e. The van der Waals surface area contributed by atoms with Gasteiger partial charge in [0.2, 0.25) is 0 Å². The average Bonchev–Trinajstić information content (AvgIpc) is 2.60. The van der Waals surface area contributed by atoms with Gasteiger partial charge < -0.3 is 9.47 Å². The molecule has 134 valence electrons. The number of pyridine rings is 1. The lowest BCUT2D eigenvalue weighted by molar-refractivity contribution is -0.622. The highest BCUT2D eigenvalue weighted by molar-refractivity contribution is 5.60. The molecule has 0 aliphatic carbocycles. The Labute approximate surface area is 157 Å². The molecule has 0 amide bonds. The van der Waals surface area contributed by atoms with Crippen molar-refractivity contribution in [1.82, 2.24) is 0 Å². The molecule has 26 heavy (non-hydrogen) atoms. The van der Waals surface area contributed by atoms with Crippen LogP contribution in [0, 0.1) is 27.8 Å². The van der Waals surface area contributed by atoms with E-state index in [-0.39, 0.29) is 6.04 Å². The van der Waals surface area contributed by atoms with Crippen molar-refractivity contribution in [1.29, 1.82) is 0 Å². The van der Waals surface area contributed by atoms with Crippen molar-refractivity contribution in [2.24, 2.45) is 0 Å². The van der Waals surface area contributed by atoms with E-state index in [2.05, 4.69) is 94.4 Å². The van der Waals surface area contributed by atoms with Gasteiger partial charge in [-0.25, -0.2) is 0 Å². The molecule has 1 atom stereocenters. The third-order valence-electron chi connectivity index (χ3n) is 5.04. The second kappa shape index (κ2) is 7.65. The van der Waals surface area contributed by atoms with E-state index in [0.717, 1.165) is 6.42 Å². The first-order chi connectivity index (χ1) is 12.5. The summed E-state index contributed by atoms with van der Waals surface area (Å²) >= 11 is 0. The van der Waals surface area contributed by atoms with Crippen molar-refractivity contribution in [2.45, 2.75) is 33.2 Å². The molecular formula is C24H28N2. The third-order valence-corrected chi connectivity index (χ3v) is 5.04. The molecule has 0 N–H and O–H groups in total. The molecule has 1 aromatic heterocycles. The molecule has 0 fully saturated rings. The van der Waals surface area contributed by atoms with E-state index in [9.17, 15) is 0 Å². The molecule has 1 heterocycles. The highest BCUT2D eigenvalue weighted by atomic mass is 15.2. The molecule has 2 heteroatoms. The van der Waals surface area contributed by atoms with Gasteiger partial charge in [-0.15, -0.1) is 0 Å². The van der Waals surface area contributed by atoms with Gasteiger partial charge in [-0.3, -0.25) is 0 Å². The minimum Gasteiger partial charge on any atom is -0.372 e. The third kappa shape index (κ3) is 3.75. The zero-order chi connectivity index (χ0) is 18.7. The summed E-state index contributed by atoms with van der Waals surface area (Å²) in [6, 6.07) is 21.7. The smallest absolute Gasteiger partial charge is 0.104 e. The highest BCUT2D eigenvalue weighted by Gasteiger charge is 2.23. The molecule has 2 aromatic carbocycles. The molecule has 0 saturated heterocycles. The maximum atomic E-state index is 4.21. The largest absolute Gasteiger partial charge is 0.372 e. The lowest BCUT2D eigenvalue weighted by Crippen LogP contribution is -2.39. The summed E-state index contributed by atoms with van der Waals surface area (Å²) in [6.07, 6.45) is 2.96. The number of aryl methyl sites for hydroxylation is 3. The van der Waals surface area contributed by atoms with Crippen molar-refractivity contribution in [3.05, 3.63) is 102 Å². The van der Waals surface area contributed by atoms with Crippen LogP contribution in [0.1, 0.15) is 34.0 Å². The molecule has 0 radical (unpaired) electrons. The number of aromatic nitrogens is 1. The minimum atomic E-state index is 0.205. The van der Waals surface area contributed by atoms with Crippen LogP contribution in [-0.4, -0.2) is 7.05 Å². The highest BCUT2D eigenvalue weighted by Crippen LogP contribution is 2.33. The normalized spacial score (nSPS) is 12.0. The van der Waals surface area contributed by atoms with Crippen LogP contribution >= 0.6 is 0 Å². The summed E-state index contributed by atoms with van der Waals surface area (Å²) in [5, 5.41) is 0. The summed E-state index contributed by atoms with van der Waals surface area (Å²) in [5.41, 5.74) is 7.78. The second-order valence-electron chi connectivity index (χ2n) is 7.16. The summed E-state index contributed by atoms with van der Waals surface area (Å²) in [6.45, 7) is 6.57.